The van der Waals surface area contributed by atoms with Gasteiger partial charge in [-0.3, -0.25) is 4.98 Å². The topological polar surface area (TPSA) is 65.0 Å². The molecule has 231 valence electrons. The Labute approximate surface area is 292 Å². The van der Waals surface area contributed by atoms with E-state index in [2.05, 4.69) is 58.9 Å². The van der Waals surface area contributed by atoms with E-state index in [1.165, 1.54) is 17.6 Å². The molecular weight excluding hydrogens is 763 g/mol. The number of rotatable bonds is 3. The fraction of sp³-hybridized carbons (Fsp3) is 0.154. The molecule has 0 aliphatic rings. The van der Waals surface area contributed by atoms with Crippen LogP contribution in [0.5, 0.6) is 0 Å². The molecule has 0 unspecified atom stereocenters. The van der Waals surface area contributed by atoms with Crippen LogP contribution >= 0.6 is 0 Å². The normalized spacial score (nSPS) is 14.3. The van der Waals surface area contributed by atoms with Crippen molar-refractivity contribution in [3.05, 3.63) is 120 Å². The Bertz CT molecular complexity index is 2580. The van der Waals surface area contributed by atoms with Crippen LogP contribution in [0.25, 0.3) is 66.4 Å². The molecule has 0 aliphatic carbocycles. The summed E-state index contributed by atoms with van der Waals surface area (Å²) in [4.78, 5) is 12.9. The van der Waals surface area contributed by atoms with Gasteiger partial charge in [0.15, 0.2) is 5.58 Å². The molecule has 5 aromatic heterocycles. The van der Waals surface area contributed by atoms with Crippen molar-refractivity contribution < 1.29 is 38.5 Å². The first-order valence-corrected chi connectivity index (χ1v) is 17.9. The van der Waals surface area contributed by atoms with Gasteiger partial charge in [0.1, 0.15) is 11.2 Å². The first-order valence-electron chi connectivity index (χ1n) is 18.2. The molecule has 7 heteroatoms. The molecular formula is C39H33IrN3O2Si-2. The Kier molecular flexibility index (Phi) is 6.43. The Hall–Kier alpha value is -4.42. The van der Waals surface area contributed by atoms with Gasteiger partial charge in [0.25, 0.3) is 0 Å². The van der Waals surface area contributed by atoms with Crippen LogP contribution in [0.1, 0.15) is 26.4 Å². The Balaban J connectivity index is 0.000000238. The maximum atomic E-state index is 7.80. The number of benzene rings is 3. The molecule has 0 bridgehead atoms. The number of hydrogen-bond donors (Lipinski definition) is 0. The number of hydrogen-bond acceptors (Lipinski definition) is 5. The van der Waals surface area contributed by atoms with E-state index < -0.39 is 21.8 Å². The van der Waals surface area contributed by atoms with E-state index >= 15 is 0 Å². The summed E-state index contributed by atoms with van der Waals surface area (Å²) in [6.07, 6.45) is 4.76. The van der Waals surface area contributed by atoms with Crippen LogP contribution in [0.4, 0.5) is 0 Å². The summed E-state index contributed by atoms with van der Waals surface area (Å²) in [5, 5.41) is 4.25. The predicted molar refractivity (Wildman–Crippen MR) is 187 cm³/mol. The van der Waals surface area contributed by atoms with E-state index in [-0.39, 0.29) is 43.8 Å². The minimum absolute atomic E-state index is 0. The zero-order valence-electron chi connectivity index (χ0n) is 32.4. The molecule has 5 heterocycles. The van der Waals surface area contributed by atoms with Gasteiger partial charge in [-0.05, 0) is 60.9 Å². The smallest absolute Gasteiger partial charge is 0.156 e. The molecule has 1 radical (unpaired) electrons. The summed E-state index contributed by atoms with van der Waals surface area (Å²) in [6, 6.07) is 29.1. The van der Waals surface area contributed by atoms with Crippen molar-refractivity contribution in [3.63, 3.8) is 0 Å². The van der Waals surface area contributed by atoms with E-state index in [1.54, 1.807) is 18.2 Å². The molecule has 0 saturated carbocycles. The Morgan fingerprint density at radius 3 is 2.15 bits per heavy atom. The van der Waals surface area contributed by atoms with Crippen LogP contribution in [0.2, 0.25) is 19.6 Å². The monoisotopic (exact) mass is 803 g/mol. The van der Waals surface area contributed by atoms with Crippen molar-refractivity contribution >= 4 is 57.1 Å². The second-order valence-electron chi connectivity index (χ2n) is 11.9. The fourth-order valence-electron chi connectivity index (χ4n) is 5.31. The van der Waals surface area contributed by atoms with Crippen LogP contribution in [-0.4, -0.2) is 23.0 Å². The number of fused-ring (bicyclic) bond motifs is 6. The van der Waals surface area contributed by atoms with Crippen molar-refractivity contribution in [2.45, 2.75) is 40.2 Å². The van der Waals surface area contributed by atoms with E-state index in [1.807, 2.05) is 48.7 Å². The summed E-state index contributed by atoms with van der Waals surface area (Å²) in [5.41, 5.74) is 5.19. The van der Waals surface area contributed by atoms with Crippen molar-refractivity contribution in [2.75, 3.05) is 0 Å². The van der Waals surface area contributed by atoms with Crippen molar-refractivity contribution in [2.24, 2.45) is 0 Å². The molecule has 8 aromatic rings. The molecule has 0 fully saturated rings. The van der Waals surface area contributed by atoms with Gasteiger partial charge in [-0.15, -0.1) is 54.1 Å². The fourth-order valence-corrected chi connectivity index (χ4v) is 6.34. The van der Waals surface area contributed by atoms with Gasteiger partial charge < -0.3 is 18.8 Å². The molecule has 3 aromatic carbocycles. The second kappa shape index (κ2) is 12.4. The summed E-state index contributed by atoms with van der Waals surface area (Å²) < 4.78 is 66.4. The number of furan rings is 2. The third-order valence-electron chi connectivity index (χ3n) is 7.80. The van der Waals surface area contributed by atoms with Gasteiger partial charge in [0.2, 0.25) is 0 Å². The average molecular weight is 803 g/mol. The average Bonchev–Trinajstić information content (AvgIpc) is 3.67. The molecule has 8 rings (SSSR count). The summed E-state index contributed by atoms with van der Waals surface area (Å²) in [7, 11) is -1.23. The van der Waals surface area contributed by atoms with Gasteiger partial charge >= 0.3 is 0 Å². The molecule has 0 amide bonds. The molecule has 0 spiro atoms. The molecule has 0 N–H and O–H groups in total. The minimum atomic E-state index is -2.41. The first-order chi connectivity index (χ1) is 24.6. The van der Waals surface area contributed by atoms with Gasteiger partial charge in [0.05, 0.1) is 19.4 Å². The van der Waals surface area contributed by atoms with Gasteiger partial charge in [-0.25, -0.2) is 0 Å². The largest absolute Gasteiger partial charge is 0.501 e. The van der Waals surface area contributed by atoms with Crippen LogP contribution in [-0.2, 0) is 20.1 Å². The SMILES string of the molecule is C[Si](C)(C)c1ccc(-c2[c-]cccc2)nc1.[2H]Cc1cc(-c2[c-]ccc3c2oc2cc4c(cc23)oc2c(C([2H])([2H])[2H])nccc24)ncc1C([2H])([2H])[2H].[Ir]. The van der Waals surface area contributed by atoms with Gasteiger partial charge in [-0.2, -0.15) is 0 Å². The third kappa shape index (κ3) is 5.82. The maximum absolute atomic E-state index is 7.80. The van der Waals surface area contributed by atoms with E-state index in [4.69, 9.17) is 18.4 Å². The number of pyridine rings is 3. The standard InChI is InChI=1S/C25H17N2O2.C14H16NSi.Ir/c1-13-9-21(27-12-14(13)2)18-6-4-5-16-19-10-22-20(11-23(19)29-25(16)18)17-7-8-26-15(3)24(17)28-22;1-16(2,3)13-9-10-14(15-11-13)12-7-5-4-6-8-12;/h4-5,7-12H,1-3H3;4-7,9-11H,1-3H3;/q2*-1;/i1D,2D3,3D3;;. The molecule has 0 saturated heterocycles. The molecule has 5 nitrogen and oxygen atoms in total. The number of nitrogens with zero attached hydrogens (tertiary/aromatic N) is 3. The van der Waals surface area contributed by atoms with E-state index in [9.17, 15) is 0 Å². The van der Waals surface area contributed by atoms with Crippen molar-refractivity contribution in [3.8, 4) is 22.5 Å². The zero-order chi connectivity index (χ0) is 37.0. The van der Waals surface area contributed by atoms with Gasteiger partial charge in [0, 0.05) is 64.4 Å². The van der Waals surface area contributed by atoms with E-state index in [0.717, 1.165) is 22.0 Å². The van der Waals surface area contributed by atoms with Crippen LogP contribution in [0.15, 0.2) is 100 Å². The third-order valence-corrected chi connectivity index (χ3v) is 9.83. The van der Waals surface area contributed by atoms with Crippen LogP contribution in [0.3, 0.4) is 0 Å². The van der Waals surface area contributed by atoms with E-state index in [0.29, 0.717) is 44.3 Å². The Morgan fingerprint density at radius 2 is 1.48 bits per heavy atom. The Morgan fingerprint density at radius 1 is 0.696 bits per heavy atom. The summed E-state index contributed by atoms with van der Waals surface area (Å²) in [5.74, 6) is 0. The van der Waals surface area contributed by atoms with Crippen molar-refractivity contribution in [1.29, 1.82) is 0 Å². The van der Waals surface area contributed by atoms with Crippen LogP contribution < -0.4 is 5.19 Å². The first kappa shape index (κ1) is 23.8. The maximum Gasteiger partial charge on any atom is 0.156 e. The molecule has 0 atom stereocenters. The summed E-state index contributed by atoms with van der Waals surface area (Å²) in [6.45, 7) is 2.03. The molecule has 46 heavy (non-hydrogen) atoms. The van der Waals surface area contributed by atoms with Crippen LogP contribution in [0, 0.1) is 32.7 Å². The second-order valence-corrected chi connectivity index (χ2v) is 16.9. The van der Waals surface area contributed by atoms with Gasteiger partial charge in [-0.1, -0.05) is 54.4 Å². The molecule has 0 aliphatic heterocycles. The zero-order valence-corrected chi connectivity index (χ0v) is 28.8. The van der Waals surface area contributed by atoms with Crippen molar-refractivity contribution in [1.82, 2.24) is 15.0 Å². The predicted octanol–water partition coefficient (Wildman–Crippen LogP) is 9.76. The number of aryl methyl sites for hydroxylation is 3. The summed E-state index contributed by atoms with van der Waals surface area (Å²) >= 11 is 0. The quantitative estimate of drug-likeness (QED) is 0.132. The minimum Gasteiger partial charge on any atom is -0.501 e. The number of aromatic nitrogens is 3.